The fourth-order valence-electron chi connectivity index (χ4n) is 3.15. The number of nitrogens with zero attached hydrogens (tertiary/aromatic N) is 1. The predicted molar refractivity (Wildman–Crippen MR) is 83.7 cm³/mol. The van der Waals surface area contributed by atoms with Gasteiger partial charge in [0.25, 0.3) is 0 Å². The summed E-state index contributed by atoms with van der Waals surface area (Å²) in [6.07, 6.45) is 4.60. The molecule has 3 rings (SSSR count). The third-order valence-electron chi connectivity index (χ3n) is 4.56. The second-order valence-corrected chi connectivity index (χ2v) is 8.06. The number of rotatable bonds is 3. The minimum atomic E-state index is -3.38. The maximum atomic E-state index is 12.7. The van der Waals surface area contributed by atoms with E-state index in [1.807, 2.05) is 0 Å². The number of nitrogen functional groups attached to an aromatic ring is 1. The number of sulfone groups is 1. The summed E-state index contributed by atoms with van der Waals surface area (Å²) in [6, 6.07) is 5.19. The Labute approximate surface area is 124 Å². The number of nitrogens with one attached hydrogen (secondary N) is 1. The highest BCUT2D eigenvalue weighted by molar-refractivity contribution is 7.91. The number of aromatic amines is 1. The third kappa shape index (κ3) is 2.64. The van der Waals surface area contributed by atoms with Crippen LogP contribution < -0.4 is 5.73 Å². The van der Waals surface area contributed by atoms with Gasteiger partial charge in [0.2, 0.25) is 15.0 Å². The fourth-order valence-corrected chi connectivity index (χ4v) is 4.83. The van der Waals surface area contributed by atoms with Crippen molar-refractivity contribution in [1.29, 1.82) is 0 Å². The summed E-state index contributed by atoms with van der Waals surface area (Å²) in [5.41, 5.74) is 7.63. The van der Waals surface area contributed by atoms with Gasteiger partial charge in [-0.1, -0.05) is 13.3 Å². The van der Waals surface area contributed by atoms with E-state index in [0.717, 1.165) is 32.1 Å². The minimum absolute atomic E-state index is 0.0862. The van der Waals surface area contributed by atoms with Crippen LogP contribution in [0.1, 0.15) is 39.0 Å². The molecule has 0 unspecified atom stereocenters. The molecular formula is C15H21N3O2S. The van der Waals surface area contributed by atoms with E-state index in [-0.39, 0.29) is 10.4 Å². The quantitative estimate of drug-likeness (QED) is 0.853. The molecule has 0 spiro atoms. The third-order valence-corrected chi connectivity index (χ3v) is 6.65. The molecule has 0 radical (unpaired) electrons. The first kappa shape index (κ1) is 14.4. The number of nitrogens with two attached hydrogens (primary N) is 1. The molecule has 0 atom stereocenters. The van der Waals surface area contributed by atoms with Crippen LogP contribution in [0.5, 0.6) is 0 Å². The van der Waals surface area contributed by atoms with Crippen LogP contribution in [0, 0.1) is 5.92 Å². The molecule has 21 heavy (non-hydrogen) atoms. The average molecular weight is 307 g/mol. The van der Waals surface area contributed by atoms with Crippen LogP contribution >= 0.6 is 0 Å². The number of fused-ring (bicyclic) bond motifs is 1. The monoisotopic (exact) mass is 307 g/mol. The number of hydrogen-bond donors (Lipinski definition) is 2. The van der Waals surface area contributed by atoms with Crippen LogP contribution in [0.3, 0.4) is 0 Å². The van der Waals surface area contributed by atoms with Crippen LogP contribution in [-0.4, -0.2) is 23.6 Å². The van der Waals surface area contributed by atoms with E-state index in [1.54, 1.807) is 18.2 Å². The highest BCUT2D eigenvalue weighted by atomic mass is 32.2. The summed E-state index contributed by atoms with van der Waals surface area (Å²) in [6.45, 7) is 2.17. The zero-order chi connectivity index (χ0) is 15.0. The lowest BCUT2D eigenvalue weighted by atomic mass is 9.87. The van der Waals surface area contributed by atoms with Gasteiger partial charge in [0.05, 0.1) is 16.3 Å². The summed E-state index contributed by atoms with van der Waals surface area (Å²) in [5.74, 6) is 0.673. The SMILES string of the molecule is CCC1CCC(S(=O)(=O)c2nc3ccc(N)cc3[nH]2)CC1. The van der Waals surface area contributed by atoms with E-state index in [4.69, 9.17) is 5.73 Å². The highest BCUT2D eigenvalue weighted by Crippen LogP contribution is 2.33. The molecule has 0 saturated heterocycles. The van der Waals surface area contributed by atoms with E-state index < -0.39 is 9.84 Å². The summed E-state index contributed by atoms with van der Waals surface area (Å²) < 4.78 is 25.4. The Bertz CT molecular complexity index is 743. The predicted octanol–water partition coefficient (Wildman–Crippen LogP) is 2.89. The summed E-state index contributed by atoms with van der Waals surface area (Å²) in [7, 11) is -3.38. The van der Waals surface area contributed by atoms with Crippen molar-refractivity contribution >= 4 is 26.6 Å². The lowest BCUT2D eigenvalue weighted by molar-refractivity contribution is 0.348. The average Bonchev–Trinajstić information content (AvgIpc) is 2.91. The number of anilines is 1. The number of imidazole rings is 1. The molecule has 1 heterocycles. The Morgan fingerprint density at radius 3 is 2.67 bits per heavy atom. The van der Waals surface area contributed by atoms with Crippen LogP contribution in [-0.2, 0) is 9.84 Å². The van der Waals surface area contributed by atoms with Gasteiger partial charge in [-0.15, -0.1) is 0 Å². The van der Waals surface area contributed by atoms with Crippen molar-refractivity contribution in [3.63, 3.8) is 0 Å². The molecule has 2 aromatic rings. The highest BCUT2D eigenvalue weighted by Gasteiger charge is 2.33. The van der Waals surface area contributed by atoms with Gasteiger partial charge in [0.15, 0.2) is 0 Å². The largest absolute Gasteiger partial charge is 0.399 e. The first-order chi connectivity index (χ1) is 10.0. The molecule has 1 fully saturated rings. The summed E-state index contributed by atoms with van der Waals surface area (Å²) in [5, 5.41) is -0.221. The van der Waals surface area contributed by atoms with Crippen LogP contribution in [0.2, 0.25) is 0 Å². The Morgan fingerprint density at radius 1 is 1.29 bits per heavy atom. The molecule has 114 valence electrons. The Morgan fingerprint density at radius 2 is 2.00 bits per heavy atom. The molecule has 1 aromatic carbocycles. The normalized spacial score (nSPS) is 23.5. The number of H-pyrrole nitrogens is 1. The van der Waals surface area contributed by atoms with E-state index in [0.29, 0.717) is 22.6 Å². The molecule has 1 saturated carbocycles. The lowest BCUT2D eigenvalue weighted by Crippen LogP contribution is -2.27. The first-order valence-corrected chi connectivity index (χ1v) is 9.04. The molecule has 5 nitrogen and oxygen atoms in total. The molecule has 6 heteroatoms. The second kappa shape index (κ2) is 5.33. The molecule has 0 bridgehead atoms. The zero-order valence-electron chi connectivity index (χ0n) is 12.2. The Kier molecular flexibility index (Phi) is 3.65. The molecule has 1 aliphatic carbocycles. The van der Waals surface area contributed by atoms with E-state index in [2.05, 4.69) is 16.9 Å². The zero-order valence-corrected chi connectivity index (χ0v) is 13.0. The molecule has 3 N–H and O–H groups in total. The fraction of sp³-hybridized carbons (Fsp3) is 0.533. The van der Waals surface area contributed by atoms with Crippen LogP contribution in [0.25, 0.3) is 11.0 Å². The van der Waals surface area contributed by atoms with Crippen LogP contribution in [0.15, 0.2) is 23.4 Å². The second-order valence-electron chi connectivity index (χ2n) is 5.91. The summed E-state index contributed by atoms with van der Waals surface area (Å²) >= 11 is 0. The van der Waals surface area contributed by atoms with Gasteiger partial charge in [0.1, 0.15) is 0 Å². The van der Waals surface area contributed by atoms with Gasteiger partial charge in [-0.3, -0.25) is 0 Å². The van der Waals surface area contributed by atoms with Crippen molar-refractivity contribution in [1.82, 2.24) is 9.97 Å². The van der Waals surface area contributed by atoms with Crippen molar-refractivity contribution in [2.24, 2.45) is 5.92 Å². The van der Waals surface area contributed by atoms with Crippen molar-refractivity contribution in [3.05, 3.63) is 18.2 Å². The van der Waals surface area contributed by atoms with E-state index >= 15 is 0 Å². The summed E-state index contributed by atoms with van der Waals surface area (Å²) in [4.78, 5) is 7.16. The topological polar surface area (TPSA) is 88.8 Å². The lowest BCUT2D eigenvalue weighted by Gasteiger charge is -2.26. The van der Waals surface area contributed by atoms with Gasteiger partial charge in [-0.2, -0.15) is 0 Å². The van der Waals surface area contributed by atoms with Gasteiger partial charge < -0.3 is 10.7 Å². The number of aromatic nitrogens is 2. The van der Waals surface area contributed by atoms with Crippen molar-refractivity contribution in [3.8, 4) is 0 Å². The van der Waals surface area contributed by atoms with Gasteiger partial charge in [-0.25, -0.2) is 13.4 Å². The van der Waals surface area contributed by atoms with E-state index in [1.165, 1.54) is 0 Å². The molecule has 1 aromatic heterocycles. The number of benzene rings is 1. The van der Waals surface area contributed by atoms with E-state index in [9.17, 15) is 8.42 Å². The Balaban J connectivity index is 1.90. The van der Waals surface area contributed by atoms with Crippen LogP contribution in [0.4, 0.5) is 5.69 Å². The molecular weight excluding hydrogens is 286 g/mol. The molecule has 1 aliphatic rings. The Hall–Kier alpha value is -1.56. The maximum Gasteiger partial charge on any atom is 0.226 e. The molecule has 0 aliphatic heterocycles. The van der Waals surface area contributed by atoms with Crippen molar-refractivity contribution in [2.45, 2.75) is 49.4 Å². The van der Waals surface area contributed by atoms with Gasteiger partial charge in [0, 0.05) is 5.69 Å². The first-order valence-electron chi connectivity index (χ1n) is 7.50. The number of hydrogen-bond acceptors (Lipinski definition) is 4. The van der Waals surface area contributed by atoms with Gasteiger partial charge >= 0.3 is 0 Å². The minimum Gasteiger partial charge on any atom is -0.399 e. The smallest absolute Gasteiger partial charge is 0.226 e. The van der Waals surface area contributed by atoms with Crippen molar-refractivity contribution < 1.29 is 8.42 Å². The van der Waals surface area contributed by atoms with Gasteiger partial charge in [-0.05, 0) is 49.8 Å². The molecule has 0 amide bonds. The standard InChI is InChI=1S/C15H21N3O2S/c1-2-10-3-6-12(7-4-10)21(19,20)15-17-13-8-5-11(16)9-14(13)18-15/h5,8-10,12H,2-4,6-7,16H2,1H3,(H,17,18). The van der Waals surface area contributed by atoms with Crippen molar-refractivity contribution in [2.75, 3.05) is 5.73 Å². The maximum absolute atomic E-state index is 12.7.